The molecule has 3 N–H and O–H groups in total. The molecule has 0 bridgehead atoms. The van der Waals surface area contributed by atoms with Gasteiger partial charge in [0.1, 0.15) is 11.6 Å². The van der Waals surface area contributed by atoms with Crippen LogP contribution in [0, 0.1) is 6.92 Å². The Kier molecular flexibility index (Phi) is 3.14. The highest BCUT2D eigenvalue weighted by atomic mass is 15.0. The largest absolute Gasteiger partial charge is 0.349 e. The number of rotatable bonds is 5. The van der Waals surface area contributed by atoms with Gasteiger partial charge < -0.3 is 15.3 Å². The first kappa shape index (κ1) is 9.92. The minimum atomic E-state index is 0.821. The first-order valence-corrected chi connectivity index (χ1v) is 5.04. The fraction of sp³-hybridized carbons (Fsp3) is 0.400. The zero-order chi connectivity index (χ0) is 10.5. The van der Waals surface area contributed by atoms with E-state index in [-0.39, 0.29) is 0 Å². The van der Waals surface area contributed by atoms with Crippen molar-refractivity contribution in [3.05, 3.63) is 35.9 Å². The second-order valence-corrected chi connectivity index (χ2v) is 3.46. The highest BCUT2D eigenvalue weighted by molar-refractivity contribution is 4.99. The van der Waals surface area contributed by atoms with Crippen molar-refractivity contribution in [1.29, 1.82) is 0 Å². The predicted octanol–water partition coefficient (Wildman–Crippen LogP) is 0.774. The van der Waals surface area contributed by atoms with Gasteiger partial charge in [-0.1, -0.05) is 0 Å². The molecule has 0 saturated heterocycles. The number of aryl methyl sites for hydroxylation is 1. The van der Waals surface area contributed by atoms with Gasteiger partial charge in [0.05, 0.1) is 0 Å². The maximum Gasteiger partial charge on any atom is 0.107 e. The molecule has 2 heterocycles. The summed E-state index contributed by atoms with van der Waals surface area (Å²) >= 11 is 0. The fourth-order valence-corrected chi connectivity index (χ4v) is 1.43. The van der Waals surface area contributed by atoms with Gasteiger partial charge in [-0.3, -0.25) is 0 Å². The molecule has 0 spiro atoms. The Hall–Kier alpha value is -1.62. The maximum absolute atomic E-state index is 4.15. The second-order valence-electron chi connectivity index (χ2n) is 3.46. The summed E-state index contributed by atoms with van der Waals surface area (Å²) in [4.78, 5) is 14.5. The minimum absolute atomic E-state index is 0.821. The van der Waals surface area contributed by atoms with Crippen molar-refractivity contribution in [2.75, 3.05) is 6.54 Å². The van der Waals surface area contributed by atoms with Crippen molar-refractivity contribution in [3.63, 3.8) is 0 Å². The molecule has 0 aliphatic carbocycles. The van der Waals surface area contributed by atoms with Gasteiger partial charge in [-0.25, -0.2) is 9.97 Å². The van der Waals surface area contributed by atoms with Crippen LogP contribution in [0.25, 0.3) is 0 Å². The highest BCUT2D eigenvalue weighted by Crippen LogP contribution is 1.95. The summed E-state index contributed by atoms with van der Waals surface area (Å²) in [6.07, 6.45) is 6.39. The molecule has 0 fully saturated rings. The summed E-state index contributed by atoms with van der Waals surface area (Å²) in [6.45, 7) is 3.68. The van der Waals surface area contributed by atoms with E-state index in [1.165, 1.54) is 0 Å². The molecule has 2 rings (SSSR count). The van der Waals surface area contributed by atoms with Gasteiger partial charge in [0.2, 0.25) is 0 Å². The molecule has 0 saturated carbocycles. The van der Waals surface area contributed by atoms with Crippen molar-refractivity contribution in [2.24, 2.45) is 0 Å². The van der Waals surface area contributed by atoms with E-state index in [1.54, 1.807) is 6.20 Å². The van der Waals surface area contributed by atoms with Gasteiger partial charge >= 0.3 is 0 Å². The molecule has 0 aliphatic heterocycles. The molecule has 5 nitrogen and oxygen atoms in total. The molecular formula is C10H15N5. The number of H-pyrrole nitrogens is 2. The van der Waals surface area contributed by atoms with Crippen LogP contribution >= 0.6 is 0 Å². The highest BCUT2D eigenvalue weighted by Gasteiger charge is 1.97. The smallest absolute Gasteiger partial charge is 0.107 e. The van der Waals surface area contributed by atoms with Gasteiger partial charge in [-0.05, 0) is 6.92 Å². The molecule has 0 amide bonds. The lowest BCUT2D eigenvalue weighted by Gasteiger charge is -2.00. The van der Waals surface area contributed by atoms with E-state index in [2.05, 4.69) is 25.3 Å². The van der Waals surface area contributed by atoms with E-state index in [0.717, 1.165) is 36.9 Å². The third kappa shape index (κ3) is 2.92. The fourth-order valence-electron chi connectivity index (χ4n) is 1.43. The van der Waals surface area contributed by atoms with Crippen molar-refractivity contribution in [1.82, 2.24) is 25.3 Å². The zero-order valence-electron chi connectivity index (χ0n) is 8.75. The van der Waals surface area contributed by atoms with Gasteiger partial charge in [-0.15, -0.1) is 0 Å². The lowest BCUT2D eigenvalue weighted by atomic mass is 10.4. The molecule has 0 radical (unpaired) electrons. The molecule has 2 aromatic rings. The van der Waals surface area contributed by atoms with Gasteiger partial charge in [-0.2, -0.15) is 0 Å². The normalized spacial score (nSPS) is 10.7. The van der Waals surface area contributed by atoms with Gasteiger partial charge in [0.25, 0.3) is 0 Å². The van der Waals surface area contributed by atoms with Crippen molar-refractivity contribution in [2.45, 2.75) is 19.9 Å². The molecular weight excluding hydrogens is 190 g/mol. The number of hydrogen-bond acceptors (Lipinski definition) is 3. The van der Waals surface area contributed by atoms with Crippen LogP contribution in [-0.2, 0) is 13.0 Å². The first-order chi connectivity index (χ1) is 7.34. The molecule has 0 atom stereocenters. The van der Waals surface area contributed by atoms with Crippen LogP contribution in [-0.4, -0.2) is 26.5 Å². The van der Waals surface area contributed by atoms with E-state index >= 15 is 0 Å². The number of aromatic nitrogens is 4. The summed E-state index contributed by atoms with van der Waals surface area (Å²) < 4.78 is 0. The SMILES string of the molecule is Cc1ncc(CNCCc2ncc[nH]2)[nH]1. The van der Waals surface area contributed by atoms with Crippen LogP contribution in [0.1, 0.15) is 17.3 Å². The second kappa shape index (κ2) is 4.75. The zero-order valence-corrected chi connectivity index (χ0v) is 8.75. The minimum Gasteiger partial charge on any atom is -0.349 e. The van der Waals surface area contributed by atoms with Crippen molar-refractivity contribution in [3.8, 4) is 0 Å². The predicted molar refractivity (Wildman–Crippen MR) is 57.3 cm³/mol. The first-order valence-electron chi connectivity index (χ1n) is 5.04. The van der Waals surface area contributed by atoms with E-state index in [0.29, 0.717) is 0 Å². The average Bonchev–Trinajstić information content (AvgIpc) is 2.84. The third-order valence-corrected chi connectivity index (χ3v) is 2.16. The number of nitrogens with zero attached hydrogens (tertiary/aromatic N) is 2. The van der Waals surface area contributed by atoms with E-state index in [9.17, 15) is 0 Å². The summed E-state index contributed by atoms with van der Waals surface area (Å²) in [6, 6.07) is 0. The Labute approximate surface area is 88.4 Å². The summed E-state index contributed by atoms with van der Waals surface area (Å²) in [7, 11) is 0. The summed E-state index contributed by atoms with van der Waals surface area (Å²) in [5.41, 5.74) is 1.12. The quantitative estimate of drug-likeness (QED) is 0.632. The Balaban J connectivity index is 1.67. The average molecular weight is 205 g/mol. The standard InChI is InChI=1S/C10H15N5/c1-8-14-7-9(15-8)6-11-3-2-10-12-4-5-13-10/h4-5,7,11H,2-3,6H2,1H3,(H,12,13)(H,14,15). The number of hydrogen-bond donors (Lipinski definition) is 3. The monoisotopic (exact) mass is 205 g/mol. The molecule has 15 heavy (non-hydrogen) atoms. The van der Waals surface area contributed by atoms with Crippen molar-refractivity contribution < 1.29 is 0 Å². The molecule has 80 valence electrons. The van der Waals surface area contributed by atoms with Crippen LogP contribution in [0.3, 0.4) is 0 Å². The Bertz CT molecular complexity index is 390. The van der Waals surface area contributed by atoms with Gasteiger partial charge in [0.15, 0.2) is 0 Å². The molecule has 2 aromatic heterocycles. The van der Waals surface area contributed by atoms with Crippen LogP contribution < -0.4 is 5.32 Å². The third-order valence-electron chi connectivity index (χ3n) is 2.16. The lowest BCUT2D eigenvalue weighted by molar-refractivity contribution is 0.664. The Morgan fingerprint density at radius 1 is 1.40 bits per heavy atom. The Morgan fingerprint density at radius 3 is 3.00 bits per heavy atom. The molecule has 0 aliphatic rings. The summed E-state index contributed by atoms with van der Waals surface area (Å²) in [5.74, 6) is 1.97. The van der Waals surface area contributed by atoms with E-state index in [1.807, 2.05) is 19.3 Å². The molecule has 0 unspecified atom stereocenters. The number of aromatic amines is 2. The van der Waals surface area contributed by atoms with E-state index in [4.69, 9.17) is 0 Å². The van der Waals surface area contributed by atoms with E-state index < -0.39 is 0 Å². The lowest BCUT2D eigenvalue weighted by Crippen LogP contribution is -2.17. The van der Waals surface area contributed by atoms with Crippen LogP contribution in [0.15, 0.2) is 18.6 Å². The molecule has 5 heteroatoms. The van der Waals surface area contributed by atoms with Crippen molar-refractivity contribution >= 4 is 0 Å². The maximum atomic E-state index is 4.15. The molecule has 0 aromatic carbocycles. The van der Waals surface area contributed by atoms with Crippen LogP contribution in [0.4, 0.5) is 0 Å². The topological polar surface area (TPSA) is 69.4 Å². The van der Waals surface area contributed by atoms with Crippen LogP contribution in [0.2, 0.25) is 0 Å². The van der Waals surface area contributed by atoms with Gasteiger partial charge in [0, 0.05) is 43.8 Å². The summed E-state index contributed by atoms with van der Waals surface area (Å²) in [5, 5.41) is 3.32. The Morgan fingerprint density at radius 2 is 2.33 bits per heavy atom. The van der Waals surface area contributed by atoms with Crippen LogP contribution in [0.5, 0.6) is 0 Å². The number of nitrogens with one attached hydrogen (secondary N) is 3. The number of imidazole rings is 2.